The van der Waals surface area contributed by atoms with Crippen LogP contribution in [0.5, 0.6) is 5.75 Å². The third-order valence-corrected chi connectivity index (χ3v) is 4.51. The predicted molar refractivity (Wildman–Crippen MR) is 110 cm³/mol. The Balaban J connectivity index is 1.67. The van der Waals surface area contributed by atoms with Gasteiger partial charge in [0.25, 0.3) is 5.91 Å². The highest BCUT2D eigenvalue weighted by Gasteiger charge is 2.19. The largest absolute Gasteiger partial charge is 0.497 e. The van der Waals surface area contributed by atoms with Crippen molar-refractivity contribution in [3.05, 3.63) is 59.3 Å². The minimum absolute atomic E-state index is 0.0117. The highest BCUT2D eigenvalue weighted by molar-refractivity contribution is 6.06. The molecule has 0 bridgehead atoms. The van der Waals surface area contributed by atoms with Crippen molar-refractivity contribution in [2.75, 3.05) is 23.5 Å². The van der Waals surface area contributed by atoms with Crippen LogP contribution in [0.4, 0.5) is 17.2 Å². The SMILES string of the molecule is COc1ccc(NC(=O)Cn2nnc(C(=O)Nc3cccc(C)c3C)c2N)cc1. The van der Waals surface area contributed by atoms with Crippen molar-refractivity contribution in [1.29, 1.82) is 0 Å². The van der Waals surface area contributed by atoms with E-state index in [2.05, 4.69) is 20.9 Å². The Morgan fingerprint density at radius 3 is 2.52 bits per heavy atom. The zero-order chi connectivity index (χ0) is 21.0. The number of nitrogens with zero attached hydrogens (tertiary/aromatic N) is 3. The number of amides is 2. The summed E-state index contributed by atoms with van der Waals surface area (Å²) in [7, 11) is 1.56. The third kappa shape index (κ3) is 4.52. The fraction of sp³-hybridized carbons (Fsp3) is 0.200. The molecule has 2 aromatic carbocycles. The van der Waals surface area contributed by atoms with Gasteiger partial charge < -0.3 is 21.1 Å². The molecular weight excluding hydrogens is 372 g/mol. The average molecular weight is 394 g/mol. The number of aryl methyl sites for hydroxylation is 1. The van der Waals surface area contributed by atoms with Gasteiger partial charge >= 0.3 is 0 Å². The van der Waals surface area contributed by atoms with E-state index in [1.807, 2.05) is 26.0 Å². The second-order valence-electron chi connectivity index (χ2n) is 6.46. The van der Waals surface area contributed by atoms with Gasteiger partial charge in [0.2, 0.25) is 5.91 Å². The molecule has 9 heteroatoms. The summed E-state index contributed by atoms with van der Waals surface area (Å²) in [6, 6.07) is 12.5. The first-order valence-corrected chi connectivity index (χ1v) is 8.89. The number of anilines is 3. The molecule has 4 N–H and O–H groups in total. The van der Waals surface area contributed by atoms with Crippen LogP contribution in [-0.2, 0) is 11.3 Å². The number of nitrogens with one attached hydrogen (secondary N) is 2. The lowest BCUT2D eigenvalue weighted by atomic mass is 10.1. The van der Waals surface area contributed by atoms with Crippen molar-refractivity contribution in [2.45, 2.75) is 20.4 Å². The number of aromatic nitrogens is 3. The summed E-state index contributed by atoms with van der Waals surface area (Å²) in [5, 5.41) is 13.2. The maximum absolute atomic E-state index is 12.5. The summed E-state index contributed by atoms with van der Waals surface area (Å²) in [6.45, 7) is 3.69. The normalized spacial score (nSPS) is 10.4. The van der Waals surface area contributed by atoms with Crippen LogP contribution in [0.3, 0.4) is 0 Å². The first-order chi connectivity index (χ1) is 13.9. The lowest BCUT2D eigenvalue weighted by molar-refractivity contribution is -0.116. The molecule has 0 fully saturated rings. The van der Waals surface area contributed by atoms with E-state index in [0.29, 0.717) is 17.1 Å². The first kappa shape index (κ1) is 19.9. The van der Waals surface area contributed by atoms with Gasteiger partial charge in [-0.2, -0.15) is 0 Å². The molecule has 150 valence electrons. The van der Waals surface area contributed by atoms with Crippen LogP contribution in [0.15, 0.2) is 42.5 Å². The number of methoxy groups -OCH3 is 1. The number of carbonyl (C=O) groups is 2. The molecule has 0 aliphatic rings. The number of nitrogens with two attached hydrogens (primary N) is 1. The van der Waals surface area contributed by atoms with Gasteiger partial charge in [-0.25, -0.2) is 4.68 Å². The average Bonchev–Trinajstić information content (AvgIpc) is 3.06. The van der Waals surface area contributed by atoms with Crippen LogP contribution in [0.25, 0.3) is 0 Å². The highest BCUT2D eigenvalue weighted by atomic mass is 16.5. The van der Waals surface area contributed by atoms with Crippen molar-refractivity contribution in [2.24, 2.45) is 0 Å². The fourth-order valence-electron chi connectivity index (χ4n) is 2.68. The van der Waals surface area contributed by atoms with Gasteiger partial charge in [0.1, 0.15) is 12.3 Å². The van der Waals surface area contributed by atoms with Crippen molar-refractivity contribution in [3.63, 3.8) is 0 Å². The summed E-state index contributed by atoms with van der Waals surface area (Å²) in [4.78, 5) is 24.8. The minimum atomic E-state index is -0.488. The summed E-state index contributed by atoms with van der Waals surface area (Å²) in [5.41, 5.74) is 9.21. The monoisotopic (exact) mass is 394 g/mol. The predicted octanol–water partition coefficient (Wildman–Crippen LogP) is 2.38. The second kappa shape index (κ2) is 8.42. The van der Waals surface area contributed by atoms with Crippen molar-refractivity contribution >= 4 is 29.0 Å². The molecule has 0 spiro atoms. The van der Waals surface area contributed by atoms with Gasteiger partial charge in [0.05, 0.1) is 7.11 Å². The van der Waals surface area contributed by atoms with E-state index in [1.54, 1.807) is 37.4 Å². The van der Waals surface area contributed by atoms with E-state index in [0.717, 1.165) is 11.1 Å². The topological polar surface area (TPSA) is 124 Å². The number of hydrogen-bond acceptors (Lipinski definition) is 6. The van der Waals surface area contributed by atoms with Crippen LogP contribution < -0.4 is 21.1 Å². The van der Waals surface area contributed by atoms with E-state index < -0.39 is 5.91 Å². The smallest absolute Gasteiger partial charge is 0.280 e. The van der Waals surface area contributed by atoms with Gasteiger partial charge in [0, 0.05) is 11.4 Å². The first-order valence-electron chi connectivity index (χ1n) is 8.89. The van der Waals surface area contributed by atoms with Gasteiger partial charge in [-0.1, -0.05) is 17.3 Å². The molecule has 3 aromatic rings. The zero-order valence-electron chi connectivity index (χ0n) is 16.4. The third-order valence-electron chi connectivity index (χ3n) is 4.51. The number of rotatable bonds is 6. The Labute approximate surface area is 167 Å². The molecule has 0 aliphatic heterocycles. The van der Waals surface area contributed by atoms with Gasteiger partial charge in [-0.15, -0.1) is 5.10 Å². The summed E-state index contributed by atoms with van der Waals surface area (Å²) < 4.78 is 6.26. The van der Waals surface area contributed by atoms with E-state index in [-0.39, 0.29) is 24.0 Å². The maximum Gasteiger partial charge on any atom is 0.280 e. The Bertz CT molecular complexity index is 1040. The molecule has 0 saturated heterocycles. The van der Waals surface area contributed by atoms with E-state index in [4.69, 9.17) is 10.5 Å². The fourth-order valence-corrected chi connectivity index (χ4v) is 2.68. The maximum atomic E-state index is 12.5. The molecule has 9 nitrogen and oxygen atoms in total. The van der Waals surface area contributed by atoms with Gasteiger partial charge in [0.15, 0.2) is 11.5 Å². The summed E-state index contributed by atoms with van der Waals surface area (Å²) in [5.74, 6) is -0.146. The van der Waals surface area contributed by atoms with Gasteiger partial charge in [-0.3, -0.25) is 9.59 Å². The Hall–Kier alpha value is -3.88. The molecule has 2 amide bonds. The van der Waals surface area contributed by atoms with Crippen molar-refractivity contribution in [1.82, 2.24) is 15.0 Å². The molecule has 0 radical (unpaired) electrons. The van der Waals surface area contributed by atoms with E-state index >= 15 is 0 Å². The molecular formula is C20H22N6O3. The standard InChI is InChI=1S/C20H22N6O3/c1-12-5-4-6-16(13(12)2)23-20(28)18-19(21)26(25-24-18)11-17(27)22-14-7-9-15(29-3)10-8-14/h4-10H,11,21H2,1-3H3,(H,22,27)(H,23,28). The molecule has 29 heavy (non-hydrogen) atoms. The van der Waals surface area contributed by atoms with Gasteiger partial charge in [-0.05, 0) is 55.3 Å². The van der Waals surface area contributed by atoms with Crippen LogP contribution >= 0.6 is 0 Å². The van der Waals surface area contributed by atoms with Crippen LogP contribution in [0, 0.1) is 13.8 Å². The second-order valence-corrected chi connectivity index (χ2v) is 6.46. The van der Waals surface area contributed by atoms with Crippen LogP contribution in [0.1, 0.15) is 21.6 Å². The van der Waals surface area contributed by atoms with Crippen molar-refractivity contribution < 1.29 is 14.3 Å². The number of benzene rings is 2. The number of ether oxygens (including phenoxy) is 1. The Kier molecular flexibility index (Phi) is 5.77. The van der Waals surface area contributed by atoms with E-state index in [9.17, 15) is 9.59 Å². The summed E-state index contributed by atoms with van der Waals surface area (Å²) in [6.07, 6.45) is 0. The zero-order valence-corrected chi connectivity index (χ0v) is 16.4. The lowest BCUT2D eigenvalue weighted by Crippen LogP contribution is -2.21. The summed E-state index contributed by atoms with van der Waals surface area (Å²) >= 11 is 0. The van der Waals surface area contributed by atoms with Crippen molar-refractivity contribution in [3.8, 4) is 5.75 Å². The van der Waals surface area contributed by atoms with Crippen LogP contribution in [-0.4, -0.2) is 33.9 Å². The molecule has 0 saturated carbocycles. The Morgan fingerprint density at radius 2 is 1.83 bits per heavy atom. The molecule has 0 aliphatic carbocycles. The van der Waals surface area contributed by atoms with Crippen LogP contribution in [0.2, 0.25) is 0 Å². The highest BCUT2D eigenvalue weighted by Crippen LogP contribution is 2.20. The quantitative estimate of drug-likeness (QED) is 0.590. The molecule has 1 heterocycles. The molecule has 0 unspecified atom stereocenters. The lowest BCUT2D eigenvalue weighted by Gasteiger charge is -2.09. The number of carbonyl (C=O) groups excluding carboxylic acids is 2. The number of nitrogen functional groups attached to an aromatic ring is 1. The Morgan fingerprint density at radius 1 is 1.10 bits per heavy atom. The minimum Gasteiger partial charge on any atom is -0.497 e. The molecule has 0 atom stereocenters. The molecule has 3 rings (SSSR count). The number of hydrogen-bond donors (Lipinski definition) is 3. The molecule has 1 aromatic heterocycles. The van der Waals surface area contributed by atoms with E-state index in [1.165, 1.54) is 4.68 Å².